The first-order valence-corrected chi connectivity index (χ1v) is 6.09. The van der Waals surface area contributed by atoms with Crippen LogP contribution < -0.4 is 10.0 Å². The lowest BCUT2D eigenvalue weighted by molar-refractivity contribution is -0.605. The van der Waals surface area contributed by atoms with Crippen molar-refractivity contribution in [3.8, 4) is 0 Å². The van der Waals surface area contributed by atoms with Gasteiger partial charge in [-0.3, -0.25) is 4.79 Å². The molecule has 4 nitrogen and oxygen atoms in total. The Labute approximate surface area is 112 Å². The Morgan fingerprint density at radius 2 is 1.74 bits per heavy atom. The highest BCUT2D eigenvalue weighted by molar-refractivity contribution is 5.94. The minimum absolute atomic E-state index is 0.106. The lowest BCUT2D eigenvalue weighted by atomic mass is 10.1. The monoisotopic (exact) mass is 256 g/mol. The second-order valence-corrected chi connectivity index (χ2v) is 4.63. The van der Waals surface area contributed by atoms with E-state index in [1.807, 2.05) is 32.0 Å². The zero-order valence-corrected chi connectivity index (χ0v) is 11.0. The smallest absolute Gasteiger partial charge is 0.251 e. The summed E-state index contributed by atoms with van der Waals surface area (Å²) in [5, 5.41) is 13.7. The van der Waals surface area contributed by atoms with Crippen LogP contribution in [0.1, 0.15) is 27.0 Å². The molecule has 98 valence electrons. The second kappa shape index (κ2) is 5.52. The number of pyridine rings is 1. The molecular weight excluding hydrogens is 240 g/mol. The summed E-state index contributed by atoms with van der Waals surface area (Å²) in [6, 6.07) is 9.13. The molecule has 0 aliphatic heterocycles. The summed E-state index contributed by atoms with van der Waals surface area (Å²) in [6.45, 7) is 4.34. The van der Waals surface area contributed by atoms with Crippen molar-refractivity contribution in [2.24, 2.45) is 0 Å². The van der Waals surface area contributed by atoms with Gasteiger partial charge in [-0.1, -0.05) is 17.2 Å². The van der Waals surface area contributed by atoms with Crippen LogP contribution in [-0.4, -0.2) is 5.91 Å². The molecule has 0 spiro atoms. The van der Waals surface area contributed by atoms with Crippen LogP contribution >= 0.6 is 0 Å². The zero-order valence-electron chi connectivity index (χ0n) is 11.0. The van der Waals surface area contributed by atoms with E-state index in [2.05, 4.69) is 5.32 Å². The average molecular weight is 256 g/mol. The first-order chi connectivity index (χ1) is 9.04. The van der Waals surface area contributed by atoms with Crippen LogP contribution in [0, 0.1) is 19.1 Å². The van der Waals surface area contributed by atoms with Crippen molar-refractivity contribution in [3.63, 3.8) is 0 Å². The van der Waals surface area contributed by atoms with E-state index in [1.165, 1.54) is 12.4 Å². The molecule has 1 heterocycles. The first-order valence-electron chi connectivity index (χ1n) is 6.09. The SMILES string of the molecule is Cc1cc(C)cc(C(=O)NCc2cc[n+]([O-])cc2)c1. The van der Waals surface area contributed by atoms with E-state index in [9.17, 15) is 10.0 Å². The lowest BCUT2D eigenvalue weighted by Crippen LogP contribution is -2.26. The Hall–Kier alpha value is -2.36. The van der Waals surface area contributed by atoms with Gasteiger partial charge in [0.2, 0.25) is 0 Å². The van der Waals surface area contributed by atoms with Gasteiger partial charge in [-0.25, -0.2) is 0 Å². The molecule has 2 aromatic rings. The van der Waals surface area contributed by atoms with E-state index in [4.69, 9.17) is 0 Å². The molecule has 1 N–H and O–H groups in total. The molecule has 0 saturated heterocycles. The van der Waals surface area contributed by atoms with Crippen molar-refractivity contribution < 1.29 is 9.52 Å². The van der Waals surface area contributed by atoms with Crippen molar-refractivity contribution in [3.05, 3.63) is 70.2 Å². The summed E-state index contributed by atoms with van der Waals surface area (Å²) in [5.74, 6) is -0.106. The van der Waals surface area contributed by atoms with E-state index in [1.54, 1.807) is 12.1 Å². The predicted octanol–water partition coefficient (Wildman–Crippen LogP) is 1.87. The van der Waals surface area contributed by atoms with Gasteiger partial charge in [0.15, 0.2) is 12.4 Å². The summed E-state index contributed by atoms with van der Waals surface area (Å²) >= 11 is 0. The summed E-state index contributed by atoms with van der Waals surface area (Å²) < 4.78 is 0.717. The standard InChI is InChI=1S/C15H16N2O2/c1-11-7-12(2)9-14(8-11)15(18)16-10-13-3-5-17(19)6-4-13/h3-9H,10H2,1-2H3,(H,16,18). The van der Waals surface area contributed by atoms with E-state index in [0.29, 0.717) is 12.1 Å². The largest absolute Gasteiger partial charge is 0.619 e. The van der Waals surface area contributed by atoms with E-state index < -0.39 is 0 Å². The van der Waals surface area contributed by atoms with Crippen LogP contribution in [-0.2, 0) is 6.54 Å². The minimum atomic E-state index is -0.106. The van der Waals surface area contributed by atoms with Gasteiger partial charge < -0.3 is 10.5 Å². The Balaban J connectivity index is 2.03. The Bertz CT molecular complexity index is 571. The minimum Gasteiger partial charge on any atom is -0.619 e. The van der Waals surface area contributed by atoms with Crippen molar-refractivity contribution in [1.82, 2.24) is 5.32 Å². The molecule has 0 atom stereocenters. The fourth-order valence-corrected chi connectivity index (χ4v) is 1.95. The lowest BCUT2D eigenvalue weighted by Gasteiger charge is -2.07. The third-order valence-electron chi connectivity index (χ3n) is 2.81. The molecule has 0 unspecified atom stereocenters. The molecule has 0 aliphatic carbocycles. The fourth-order valence-electron chi connectivity index (χ4n) is 1.95. The molecule has 2 rings (SSSR count). The van der Waals surface area contributed by atoms with Crippen LogP contribution in [0.5, 0.6) is 0 Å². The molecule has 0 radical (unpaired) electrons. The van der Waals surface area contributed by atoms with Gasteiger partial charge in [0.25, 0.3) is 5.91 Å². The highest BCUT2D eigenvalue weighted by Crippen LogP contribution is 2.09. The average Bonchev–Trinajstić information content (AvgIpc) is 2.36. The van der Waals surface area contributed by atoms with Crippen LogP contribution in [0.25, 0.3) is 0 Å². The molecule has 0 saturated carbocycles. The van der Waals surface area contributed by atoms with E-state index >= 15 is 0 Å². The number of hydrogen-bond acceptors (Lipinski definition) is 2. The summed E-state index contributed by atoms with van der Waals surface area (Å²) in [5.41, 5.74) is 3.69. The van der Waals surface area contributed by atoms with Crippen LogP contribution in [0.15, 0.2) is 42.7 Å². The number of benzene rings is 1. The third kappa shape index (κ3) is 3.55. The topological polar surface area (TPSA) is 56.0 Å². The molecule has 4 heteroatoms. The predicted molar refractivity (Wildman–Crippen MR) is 72.5 cm³/mol. The number of aryl methyl sites for hydroxylation is 2. The normalized spacial score (nSPS) is 10.2. The maximum Gasteiger partial charge on any atom is 0.251 e. The van der Waals surface area contributed by atoms with Crippen molar-refractivity contribution in [2.45, 2.75) is 20.4 Å². The Kier molecular flexibility index (Phi) is 3.80. The van der Waals surface area contributed by atoms with Gasteiger partial charge in [-0.2, -0.15) is 4.73 Å². The van der Waals surface area contributed by atoms with Crippen LogP contribution in [0.4, 0.5) is 0 Å². The zero-order chi connectivity index (χ0) is 13.8. The first kappa shape index (κ1) is 13.1. The van der Waals surface area contributed by atoms with Gasteiger partial charge in [-0.05, 0) is 31.5 Å². The molecule has 0 bridgehead atoms. The van der Waals surface area contributed by atoms with Gasteiger partial charge >= 0.3 is 0 Å². The van der Waals surface area contributed by atoms with E-state index in [0.717, 1.165) is 21.4 Å². The summed E-state index contributed by atoms with van der Waals surface area (Å²) in [7, 11) is 0. The maximum absolute atomic E-state index is 12.0. The van der Waals surface area contributed by atoms with Crippen LogP contribution in [0.2, 0.25) is 0 Å². The van der Waals surface area contributed by atoms with Crippen molar-refractivity contribution in [1.29, 1.82) is 0 Å². The molecule has 1 aromatic heterocycles. The molecule has 1 amide bonds. The Morgan fingerprint density at radius 3 is 2.32 bits per heavy atom. The maximum atomic E-state index is 12.0. The number of carbonyl (C=O) groups excluding carboxylic acids is 1. The number of aromatic nitrogens is 1. The fraction of sp³-hybridized carbons (Fsp3) is 0.200. The highest BCUT2D eigenvalue weighted by Gasteiger charge is 2.06. The van der Waals surface area contributed by atoms with Crippen LogP contribution in [0.3, 0.4) is 0 Å². The van der Waals surface area contributed by atoms with Gasteiger partial charge in [-0.15, -0.1) is 0 Å². The van der Waals surface area contributed by atoms with Gasteiger partial charge in [0.05, 0.1) is 0 Å². The second-order valence-electron chi connectivity index (χ2n) is 4.63. The molecule has 1 aromatic carbocycles. The summed E-state index contributed by atoms with van der Waals surface area (Å²) in [6.07, 6.45) is 2.83. The Morgan fingerprint density at radius 1 is 1.16 bits per heavy atom. The number of nitrogens with one attached hydrogen (secondary N) is 1. The number of nitrogens with zero attached hydrogens (tertiary/aromatic N) is 1. The number of hydrogen-bond donors (Lipinski definition) is 1. The summed E-state index contributed by atoms with van der Waals surface area (Å²) in [4.78, 5) is 12.0. The molecule has 19 heavy (non-hydrogen) atoms. The highest BCUT2D eigenvalue weighted by atomic mass is 16.5. The van der Waals surface area contributed by atoms with Crippen molar-refractivity contribution in [2.75, 3.05) is 0 Å². The van der Waals surface area contributed by atoms with Crippen molar-refractivity contribution >= 4 is 5.91 Å². The number of amides is 1. The van der Waals surface area contributed by atoms with E-state index in [-0.39, 0.29) is 5.91 Å². The van der Waals surface area contributed by atoms with Gasteiger partial charge in [0.1, 0.15) is 0 Å². The third-order valence-corrected chi connectivity index (χ3v) is 2.81. The number of carbonyl (C=O) groups is 1. The molecular formula is C15H16N2O2. The molecule has 0 fully saturated rings. The molecule has 0 aliphatic rings. The van der Waals surface area contributed by atoms with Gasteiger partial charge in [0, 0.05) is 24.2 Å². The quantitative estimate of drug-likeness (QED) is 0.673. The number of rotatable bonds is 3.